The molecule has 0 saturated heterocycles. The Balaban J connectivity index is 2.45. The Morgan fingerprint density at radius 2 is 1.71 bits per heavy atom. The number of aryl methyl sites for hydroxylation is 1. The summed E-state index contributed by atoms with van der Waals surface area (Å²) in [6.45, 7) is 10.2. The fourth-order valence-electron chi connectivity index (χ4n) is 2.87. The maximum Gasteiger partial charge on any atom is 0.00104 e. The molecule has 0 spiro atoms. The molecule has 0 saturated carbocycles. The van der Waals surface area contributed by atoms with Gasteiger partial charge in [-0.2, -0.15) is 0 Å². The highest BCUT2D eigenvalue weighted by Crippen LogP contribution is 2.19. The number of unbranched alkanes of at least 4 members (excludes halogenated alkanes) is 4. The normalized spacial score (nSPS) is 12.8. The highest BCUT2D eigenvalue weighted by Gasteiger charge is 2.11. The third kappa shape index (κ3) is 8.26. The van der Waals surface area contributed by atoms with Gasteiger partial charge in [-0.3, -0.25) is 0 Å². The van der Waals surface area contributed by atoms with Crippen molar-refractivity contribution in [1.82, 2.24) is 5.32 Å². The summed E-state index contributed by atoms with van der Waals surface area (Å²) in [7, 11) is 0. The lowest BCUT2D eigenvalue weighted by Gasteiger charge is -2.20. The minimum Gasteiger partial charge on any atom is -0.314 e. The van der Waals surface area contributed by atoms with E-state index in [4.69, 9.17) is 0 Å². The Morgan fingerprint density at radius 1 is 1.00 bits per heavy atom. The molecule has 1 nitrogen and oxygen atoms in total. The summed E-state index contributed by atoms with van der Waals surface area (Å²) in [5, 5.41) is 3.64. The lowest BCUT2D eigenvalue weighted by Crippen LogP contribution is -2.30. The monoisotopic (exact) mass is 289 g/mol. The van der Waals surface area contributed by atoms with Crippen LogP contribution in [0.2, 0.25) is 0 Å². The van der Waals surface area contributed by atoms with Crippen molar-refractivity contribution in [2.45, 2.75) is 78.7 Å². The van der Waals surface area contributed by atoms with E-state index in [1.165, 1.54) is 56.1 Å². The van der Waals surface area contributed by atoms with Gasteiger partial charge in [0.15, 0.2) is 0 Å². The standard InChI is InChI=1S/C20H35N/c1-5-6-7-8-9-13-19(16-21-17(2)3)15-20-14-11-10-12-18(20)4/h10-12,14,17,19,21H,5-9,13,15-16H2,1-4H3. The topological polar surface area (TPSA) is 12.0 Å². The van der Waals surface area contributed by atoms with Gasteiger partial charge < -0.3 is 5.32 Å². The average molecular weight is 290 g/mol. The molecule has 1 aromatic carbocycles. The van der Waals surface area contributed by atoms with Crippen LogP contribution in [0.25, 0.3) is 0 Å². The largest absolute Gasteiger partial charge is 0.314 e. The Bertz CT molecular complexity index is 370. The first-order chi connectivity index (χ1) is 10.1. The molecule has 1 rings (SSSR count). The SMILES string of the molecule is CCCCCCCC(CNC(C)C)Cc1ccccc1C. The molecule has 120 valence electrons. The van der Waals surface area contributed by atoms with Gasteiger partial charge in [0.1, 0.15) is 0 Å². The molecule has 1 unspecified atom stereocenters. The molecule has 1 atom stereocenters. The van der Waals surface area contributed by atoms with E-state index in [0.29, 0.717) is 6.04 Å². The van der Waals surface area contributed by atoms with E-state index < -0.39 is 0 Å². The minimum atomic E-state index is 0.587. The zero-order chi connectivity index (χ0) is 15.5. The smallest absolute Gasteiger partial charge is 0.00104 e. The molecule has 0 bridgehead atoms. The third-order valence-corrected chi connectivity index (χ3v) is 4.30. The second-order valence-corrected chi connectivity index (χ2v) is 6.76. The summed E-state index contributed by atoms with van der Waals surface area (Å²) in [5.74, 6) is 0.773. The van der Waals surface area contributed by atoms with Gasteiger partial charge in [0.25, 0.3) is 0 Å². The van der Waals surface area contributed by atoms with Crippen molar-refractivity contribution in [3.63, 3.8) is 0 Å². The van der Waals surface area contributed by atoms with E-state index in [1.54, 1.807) is 0 Å². The molecule has 0 amide bonds. The summed E-state index contributed by atoms with van der Waals surface area (Å²) in [5.41, 5.74) is 2.97. The molecule has 21 heavy (non-hydrogen) atoms. The van der Waals surface area contributed by atoms with Crippen LogP contribution in [0.5, 0.6) is 0 Å². The first kappa shape index (κ1) is 18.2. The van der Waals surface area contributed by atoms with Crippen molar-refractivity contribution >= 4 is 0 Å². The second-order valence-electron chi connectivity index (χ2n) is 6.76. The van der Waals surface area contributed by atoms with E-state index in [2.05, 4.69) is 57.3 Å². The van der Waals surface area contributed by atoms with E-state index in [1.807, 2.05) is 0 Å². The zero-order valence-electron chi connectivity index (χ0n) is 14.6. The first-order valence-electron chi connectivity index (χ1n) is 8.91. The molecular formula is C20H35N. The first-order valence-corrected chi connectivity index (χ1v) is 8.91. The van der Waals surface area contributed by atoms with Gasteiger partial charge in [-0.1, -0.05) is 77.1 Å². The Hall–Kier alpha value is -0.820. The molecule has 0 aliphatic heterocycles. The van der Waals surface area contributed by atoms with Crippen LogP contribution in [-0.2, 0) is 6.42 Å². The van der Waals surface area contributed by atoms with Crippen molar-refractivity contribution < 1.29 is 0 Å². The summed E-state index contributed by atoms with van der Waals surface area (Å²) < 4.78 is 0. The lowest BCUT2D eigenvalue weighted by molar-refractivity contribution is 0.403. The molecule has 0 aliphatic rings. The van der Waals surface area contributed by atoms with Gasteiger partial charge >= 0.3 is 0 Å². The van der Waals surface area contributed by atoms with E-state index in [-0.39, 0.29) is 0 Å². The molecule has 0 radical (unpaired) electrons. The highest BCUT2D eigenvalue weighted by molar-refractivity contribution is 5.25. The molecule has 1 aromatic rings. The number of hydrogen-bond donors (Lipinski definition) is 1. The van der Waals surface area contributed by atoms with Crippen LogP contribution in [0.15, 0.2) is 24.3 Å². The molecule has 1 heteroatoms. The van der Waals surface area contributed by atoms with Crippen LogP contribution in [0.3, 0.4) is 0 Å². The Kier molecular flexibility index (Phi) is 9.41. The van der Waals surface area contributed by atoms with Crippen molar-refractivity contribution in [1.29, 1.82) is 0 Å². The number of benzene rings is 1. The summed E-state index contributed by atoms with van der Waals surface area (Å²) in [6, 6.07) is 9.45. The predicted octanol–water partition coefficient (Wildman–Crippen LogP) is 5.51. The summed E-state index contributed by atoms with van der Waals surface area (Å²) in [6.07, 6.45) is 9.51. The molecular weight excluding hydrogens is 254 g/mol. The van der Waals surface area contributed by atoms with Crippen LogP contribution in [0.1, 0.15) is 70.4 Å². The average Bonchev–Trinajstić information content (AvgIpc) is 2.46. The lowest BCUT2D eigenvalue weighted by atomic mass is 9.91. The minimum absolute atomic E-state index is 0.587. The summed E-state index contributed by atoms with van der Waals surface area (Å²) >= 11 is 0. The molecule has 0 fully saturated rings. The highest BCUT2D eigenvalue weighted by atomic mass is 14.9. The van der Waals surface area contributed by atoms with Gasteiger partial charge in [0.05, 0.1) is 0 Å². The van der Waals surface area contributed by atoms with Crippen molar-refractivity contribution in [2.75, 3.05) is 6.54 Å². The maximum absolute atomic E-state index is 3.64. The number of rotatable bonds is 11. The molecule has 0 aliphatic carbocycles. The van der Waals surface area contributed by atoms with Gasteiger partial charge in [0.2, 0.25) is 0 Å². The van der Waals surface area contributed by atoms with Gasteiger partial charge in [-0.25, -0.2) is 0 Å². The van der Waals surface area contributed by atoms with Crippen LogP contribution in [0, 0.1) is 12.8 Å². The van der Waals surface area contributed by atoms with Crippen molar-refractivity contribution in [3.05, 3.63) is 35.4 Å². The molecule has 0 heterocycles. The fourth-order valence-corrected chi connectivity index (χ4v) is 2.87. The van der Waals surface area contributed by atoms with Gasteiger partial charge in [0, 0.05) is 6.04 Å². The van der Waals surface area contributed by atoms with Crippen LogP contribution in [0.4, 0.5) is 0 Å². The van der Waals surface area contributed by atoms with Crippen LogP contribution >= 0.6 is 0 Å². The second kappa shape index (κ2) is 10.8. The molecule has 1 N–H and O–H groups in total. The predicted molar refractivity (Wildman–Crippen MR) is 94.9 cm³/mol. The van der Waals surface area contributed by atoms with Crippen LogP contribution in [-0.4, -0.2) is 12.6 Å². The van der Waals surface area contributed by atoms with Crippen molar-refractivity contribution in [2.24, 2.45) is 5.92 Å². The number of nitrogens with one attached hydrogen (secondary N) is 1. The Morgan fingerprint density at radius 3 is 2.38 bits per heavy atom. The van der Waals surface area contributed by atoms with Crippen LogP contribution < -0.4 is 5.32 Å². The summed E-state index contributed by atoms with van der Waals surface area (Å²) in [4.78, 5) is 0. The Labute approximate surface area is 132 Å². The third-order valence-electron chi connectivity index (χ3n) is 4.30. The molecule has 0 aromatic heterocycles. The fraction of sp³-hybridized carbons (Fsp3) is 0.700. The quantitative estimate of drug-likeness (QED) is 0.529. The van der Waals surface area contributed by atoms with E-state index in [9.17, 15) is 0 Å². The van der Waals surface area contributed by atoms with E-state index >= 15 is 0 Å². The van der Waals surface area contributed by atoms with Crippen molar-refractivity contribution in [3.8, 4) is 0 Å². The number of hydrogen-bond acceptors (Lipinski definition) is 1. The van der Waals surface area contributed by atoms with Gasteiger partial charge in [-0.15, -0.1) is 0 Å². The zero-order valence-corrected chi connectivity index (χ0v) is 14.6. The van der Waals surface area contributed by atoms with E-state index in [0.717, 1.165) is 12.5 Å². The maximum atomic E-state index is 3.64. The van der Waals surface area contributed by atoms with Gasteiger partial charge in [-0.05, 0) is 43.4 Å².